The Labute approximate surface area is 124 Å². The number of amides is 1. The topological polar surface area (TPSA) is 95.1 Å². The standard InChI is InChI=1S/C15H23N3O3/c1-10-12(11(2)18-17-10)13(19)16-9-15(14(20)21)7-5-3-4-6-8-15/h3-9H2,1-2H3,(H,16,19)(H,17,18)(H,20,21). The van der Waals surface area contributed by atoms with Crippen LogP contribution in [0.4, 0.5) is 0 Å². The van der Waals surface area contributed by atoms with Crippen molar-refractivity contribution in [3.63, 3.8) is 0 Å². The second kappa shape index (κ2) is 6.28. The molecule has 1 heterocycles. The SMILES string of the molecule is Cc1n[nH]c(C)c1C(=O)NCC1(C(=O)O)CCCCCC1. The molecule has 0 unspecified atom stereocenters. The first-order valence-electron chi connectivity index (χ1n) is 7.49. The Morgan fingerprint density at radius 3 is 2.33 bits per heavy atom. The van der Waals surface area contributed by atoms with Gasteiger partial charge < -0.3 is 10.4 Å². The zero-order valence-electron chi connectivity index (χ0n) is 12.7. The van der Waals surface area contributed by atoms with Gasteiger partial charge in [0.15, 0.2) is 0 Å². The fourth-order valence-corrected chi connectivity index (χ4v) is 3.09. The molecule has 0 radical (unpaired) electrons. The molecule has 0 saturated heterocycles. The van der Waals surface area contributed by atoms with Crippen molar-refractivity contribution in [3.05, 3.63) is 17.0 Å². The lowest BCUT2D eigenvalue weighted by Gasteiger charge is -2.28. The van der Waals surface area contributed by atoms with E-state index in [1.165, 1.54) is 0 Å². The molecule has 0 bridgehead atoms. The number of carboxylic acid groups (broad SMARTS) is 1. The number of aliphatic carboxylic acids is 1. The van der Waals surface area contributed by atoms with E-state index in [1.54, 1.807) is 13.8 Å². The number of H-pyrrole nitrogens is 1. The van der Waals surface area contributed by atoms with Gasteiger partial charge in [-0.25, -0.2) is 0 Å². The summed E-state index contributed by atoms with van der Waals surface area (Å²) >= 11 is 0. The summed E-state index contributed by atoms with van der Waals surface area (Å²) in [5, 5.41) is 19.2. The van der Waals surface area contributed by atoms with Crippen LogP contribution >= 0.6 is 0 Å². The Morgan fingerprint density at radius 1 is 1.24 bits per heavy atom. The van der Waals surface area contributed by atoms with Gasteiger partial charge in [0, 0.05) is 12.2 Å². The number of hydrogen-bond acceptors (Lipinski definition) is 3. The largest absolute Gasteiger partial charge is 0.481 e. The van der Waals surface area contributed by atoms with E-state index in [2.05, 4.69) is 15.5 Å². The number of rotatable bonds is 4. The quantitative estimate of drug-likeness (QED) is 0.741. The first kappa shape index (κ1) is 15.5. The minimum Gasteiger partial charge on any atom is -0.481 e. The molecule has 6 nitrogen and oxygen atoms in total. The van der Waals surface area contributed by atoms with Crippen LogP contribution in [0.25, 0.3) is 0 Å². The first-order chi connectivity index (χ1) is 9.96. The van der Waals surface area contributed by atoms with Crippen molar-refractivity contribution in [2.24, 2.45) is 5.41 Å². The van der Waals surface area contributed by atoms with E-state index in [0.29, 0.717) is 29.8 Å². The van der Waals surface area contributed by atoms with Crippen LogP contribution in [0.1, 0.15) is 60.3 Å². The number of hydrogen-bond donors (Lipinski definition) is 3. The normalized spacial score (nSPS) is 18.0. The molecule has 1 saturated carbocycles. The van der Waals surface area contributed by atoms with Crippen LogP contribution in [0.15, 0.2) is 0 Å². The second-order valence-corrected chi connectivity index (χ2v) is 5.99. The third kappa shape index (κ3) is 3.25. The highest BCUT2D eigenvalue weighted by Gasteiger charge is 2.39. The molecule has 1 aromatic rings. The van der Waals surface area contributed by atoms with Crippen LogP contribution in [0.3, 0.4) is 0 Å². The maximum absolute atomic E-state index is 12.3. The van der Waals surface area contributed by atoms with E-state index < -0.39 is 11.4 Å². The molecule has 21 heavy (non-hydrogen) atoms. The van der Waals surface area contributed by atoms with Crippen LogP contribution in [0, 0.1) is 19.3 Å². The lowest BCUT2D eigenvalue weighted by molar-refractivity contribution is -0.149. The summed E-state index contributed by atoms with van der Waals surface area (Å²) in [5.41, 5.74) is 1.03. The fourth-order valence-electron chi connectivity index (χ4n) is 3.09. The van der Waals surface area contributed by atoms with Crippen molar-refractivity contribution in [3.8, 4) is 0 Å². The molecule has 6 heteroatoms. The third-order valence-corrected chi connectivity index (χ3v) is 4.46. The van der Waals surface area contributed by atoms with Gasteiger partial charge in [-0.3, -0.25) is 14.7 Å². The van der Waals surface area contributed by atoms with Gasteiger partial charge in [-0.2, -0.15) is 5.10 Å². The maximum atomic E-state index is 12.3. The van der Waals surface area contributed by atoms with Gasteiger partial charge in [0.25, 0.3) is 5.91 Å². The van der Waals surface area contributed by atoms with Crippen molar-refractivity contribution in [1.82, 2.24) is 15.5 Å². The number of nitrogens with one attached hydrogen (secondary N) is 2. The zero-order chi connectivity index (χ0) is 15.5. The Balaban J connectivity index is 2.08. The Kier molecular flexibility index (Phi) is 4.65. The average molecular weight is 293 g/mol. The van der Waals surface area contributed by atoms with Crippen LogP contribution in [-0.2, 0) is 4.79 Å². The van der Waals surface area contributed by atoms with Crippen molar-refractivity contribution in [2.75, 3.05) is 6.54 Å². The smallest absolute Gasteiger partial charge is 0.311 e. The minimum atomic E-state index is -0.822. The molecule has 0 aliphatic heterocycles. The van der Waals surface area contributed by atoms with E-state index in [-0.39, 0.29) is 12.5 Å². The van der Waals surface area contributed by atoms with Gasteiger partial charge >= 0.3 is 5.97 Å². The van der Waals surface area contributed by atoms with E-state index in [4.69, 9.17) is 0 Å². The van der Waals surface area contributed by atoms with E-state index >= 15 is 0 Å². The summed E-state index contributed by atoms with van der Waals surface area (Å²) in [4.78, 5) is 24.0. The van der Waals surface area contributed by atoms with Gasteiger partial charge in [0.05, 0.1) is 16.7 Å². The Hall–Kier alpha value is -1.85. The molecular weight excluding hydrogens is 270 g/mol. The summed E-state index contributed by atoms with van der Waals surface area (Å²) in [6.45, 7) is 3.73. The van der Waals surface area contributed by atoms with E-state index in [0.717, 1.165) is 25.7 Å². The number of carbonyl (C=O) groups is 2. The van der Waals surface area contributed by atoms with Gasteiger partial charge in [-0.15, -0.1) is 0 Å². The number of carboxylic acids is 1. The summed E-state index contributed by atoms with van der Waals surface area (Å²) in [5.74, 6) is -1.05. The molecule has 1 fully saturated rings. The van der Waals surface area contributed by atoms with Gasteiger partial charge in [0.1, 0.15) is 0 Å². The molecule has 0 aromatic carbocycles. The molecule has 0 spiro atoms. The van der Waals surface area contributed by atoms with Crippen LogP contribution in [0.5, 0.6) is 0 Å². The lowest BCUT2D eigenvalue weighted by atomic mass is 9.80. The second-order valence-electron chi connectivity index (χ2n) is 5.99. The summed E-state index contributed by atoms with van der Waals surface area (Å²) in [7, 11) is 0. The molecule has 2 rings (SSSR count). The number of nitrogens with zero attached hydrogens (tertiary/aromatic N) is 1. The Bertz CT molecular complexity index is 509. The van der Waals surface area contributed by atoms with Gasteiger partial charge in [-0.05, 0) is 26.7 Å². The number of aromatic nitrogens is 2. The predicted octanol–water partition coefficient (Wildman–Crippen LogP) is 2.18. The summed E-state index contributed by atoms with van der Waals surface area (Å²) in [6.07, 6.45) is 5.22. The molecule has 1 aromatic heterocycles. The van der Waals surface area contributed by atoms with E-state index in [1.807, 2.05) is 0 Å². The molecular formula is C15H23N3O3. The monoisotopic (exact) mass is 293 g/mol. The first-order valence-corrected chi connectivity index (χ1v) is 7.49. The van der Waals surface area contributed by atoms with E-state index in [9.17, 15) is 14.7 Å². The fraction of sp³-hybridized carbons (Fsp3) is 0.667. The van der Waals surface area contributed by atoms with Gasteiger partial charge in [0.2, 0.25) is 0 Å². The molecule has 1 aliphatic carbocycles. The third-order valence-electron chi connectivity index (χ3n) is 4.46. The number of aromatic amines is 1. The van der Waals surface area contributed by atoms with Crippen molar-refractivity contribution in [2.45, 2.75) is 52.4 Å². The molecule has 1 amide bonds. The number of carbonyl (C=O) groups excluding carboxylic acids is 1. The lowest BCUT2D eigenvalue weighted by Crippen LogP contribution is -2.43. The highest BCUT2D eigenvalue weighted by molar-refractivity contribution is 5.96. The van der Waals surface area contributed by atoms with Crippen LogP contribution < -0.4 is 5.32 Å². The molecule has 1 aliphatic rings. The van der Waals surface area contributed by atoms with Crippen LogP contribution in [-0.4, -0.2) is 33.7 Å². The number of aryl methyl sites for hydroxylation is 2. The summed E-state index contributed by atoms with van der Waals surface area (Å²) in [6, 6.07) is 0. The highest BCUT2D eigenvalue weighted by atomic mass is 16.4. The van der Waals surface area contributed by atoms with Crippen molar-refractivity contribution in [1.29, 1.82) is 0 Å². The molecule has 116 valence electrons. The van der Waals surface area contributed by atoms with Gasteiger partial charge in [-0.1, -0.05) is 25.7 Å². The average Bonchev–Trinajstić information content (AvgIpc) is 2.67. The predicted molar refractivity (Wildman–Crippen MR) is 78.2 cm³/mol. The maximum Gasteiger partial charge on any atom is 0.311 e. The zero-order valence-corrected chi connectivity index (χ0v) is 12.7. The summed E-state index contributed by atoms with van der Waals surface area (Å²) < 4.78 is 0. The Morgan fingerprint density at radius 2 is 1.86 bits per heavy atom. The molecule has 0 atom stereocenters. The highest BCUT2D eigenvalue weighted by Crippen LogP contribution is 2.35. The van der Waals surface area contributed by atoms with Crippen molar-refractivity contribution < 1.29 is 14.7 Å². The minimum absolute atomic E-state index is 0.186. The van der Waals surface area contributed by atoms with Crippen LogP contribution in [0.2, 0.25) is 0 Å². The molecule has 3 N–H and O–H groups in total. The van der Waals surface area contributed by atoms with Crippen molar-refractivity contribution >= 4 is 11.9 Å².